The molecule has 94 valence electrons. The molecule has 0 amide bonds. The first-order chi connectivity index (χ1) is 8.44. The van der Waals surface area contributed by atoms with Crippen LogP contribution in [0.15, 0.2) is 30.9 Å². The van der Waals surface area contributed by atoms with E-state index in [1.807, 2.05) is 6.92 Å². The average molecular weight is 250 g/mol. The normalized spacial score (nSPS) is 11.7. The molecule has 2 rings (SSSR count). The lowest BCUT2D eigenvalue weighted by atomic mass is 10.1. The van der Waals surface area contributed by atoms with Gasteiger partial charge in [0, 0.05) is 6.42 Å². The molecule has 1 aromatic heterocycles. The molecule has 0 fully saturated rings. The van der Waals surface area contributed by atoms with Gasteiger partial charge in [-0.3, -0.25) is 0 Å². The van der Waals surface area contributed by atoms with Crippen LogP contribution in [0.25, 0.3) is 11.0 Å². The van der Waals surface area contributed by atoms with Crippen LogP contribution in [0.4, 0.5) is 8.78 Å². The molecule has 0 saturated heterocycles. The van der Waals surface area contributed by atoms with E-state index in [4.69, 9.17) is 0 Å². The third-order valence-electron chi connectivity index (χ3n) is 2.55. The highest BCUT2D eigenvalue weighted by atomic mass is 19.3. The van der Waals surface area contributed by atoms with Gasteiger partial charge in [0.2, 0.25) is 5.88 Å². The average Bonchev–Trinajstić information content (AvgIpc) is 2.27. The molecule has 1 N–H and O–H groups in total. The maximum atomic E-state index is 13.7. The molecular formula is C13H12F2N2O. The highest BCUT2D eigenvalue weighted by Gasteiger charge is 2.35. The second-order valence-electron chi connectivity index (χ2n) is 4.09. The van der Waals surface area contributed by atoms with Crippen molar-refractivity contribution in [2.24, 2.45) is 0 Å². The Bertz CT molecular complexity index is 611. The monoisotopic (exact) mass is 250 g/mol. The van der Waals surface area contributed by atoms with Crippen LogP contribution in [0, 0.1) is 6.92 Å². The lowest BCUT2D eigenvalue weighted by Crippen LogP contribution is -2.15. The molecule has 1 heterocycles. The van der Waals surface area contributed by atoms with E-state index in [9.17, 15) is 13.9 Å². The number of rotatable bonds is 3. The van der Waals surface area contributed by atoms with Crippen LogP contribution in [-0.4, -0.2) is 15.1 Å². The summed E-state index contributed by atoms with van der Waals surface area (Å²) in [5.41, 5.74) is 0.934. The molecule has 0 aliphatic heterocycles. The summed E-state index contributed by atoms with van der Waals surface area (Å²) in [5, 5.41) is 9.57. The molecule has 1 aromatic carbocycles. The smallest absolute Gasteiger partial charge is 0.298 e. The molecule has 0 bridgehead atoms. The summed E-state index contributed by atoms with van der Waals surface area (Å²) in [6, 6.07) is 5.03. The lowest BCUT2D eigenvalue weighted by molar-refractivity contribution is -0.00791. The fourth-order valence-electron chi connectivity index (χ4n) is 1.68. The van der Waals surface area contributed by atoms with Crippen LogP contribution in [0.3, 0.4) is 0 Å². The molecule has 0 aliphatic carbocycles. The summed E-state index contributed by atoms with van der Waals surface area (Å²) in [7, 11) is 0. The van der Waals surface area contributed by atoms with E-state index in [0.717, 1.165) is 11.6 Å². The van der Waals surface area contributed by atoms with E-state index >= 15 is 0 Å². The summed E-state index contributed by atoms with van der Waals surface area (Å²) >= 11 is 0. The number of allylic oxidation sites excluding steroid dienone is 1. The summed E-state index contributed by atoms with van der Waals surface area (Å²) in [6.07, 6.45) is 0.493. The van der Waals surface area contributed by atoms with Gasteiger partial charge in [0.05, 0.1) is 11.0 Å². The predicted molar refractivity (Wildman–Crippen MR) is 64.6 cm³/mol. The fraction of sp³-hybridized carbons (Fsp3) is 0.231. The summed E-state index contributed by atoms with van der Waals surface area (Å²) in [4.78, 5) is 7.56. The predicted octanol–water partition coefficient (Wildman–Crippen LogP) is 3.31. The maximum absolute atomic E-state index is 13.7. The number of aromatic hydroxyl groups is 1. The van der Waals surface area contributed by atoms with Crippen molar-refractivity contribution in [1.29, 1.82) is 0 Å². The number of aromatic nitrogens is 2. The van der Waals surface area contributed by atoms with Crippen molar-refractivity contribution in [3.63, 3.8) is 0 Å². The minimum atomic E-state index is -3.27. The standard InChI is InChI=1S/C13H12F2N2O/c1-3-6-13(14,15)11-12(18)17-10-7-8(2)4-5-9(10)16-11/h3-5,7H,1,6H2,2H3,(H,17,18). The van der Waals surface area contributed by atoms with E-state index in [1.165, 1.54) is 0 Å². The fourth-order valence-corrected chi connectivity index (χ4v) is 1.68. The van der Waals surface area contributed by atoms with Gasteiger partial charge in [0.15, 0.2) is 5.69 Å². The van der Waals surface area contributed by atoms with Gasteiger partial charge in [-0.15, -0.1) is 6.58 Å². The Labute approximate surface area is 103 Å². The molecule has 2 aromatic rings. The van der Waals surface area contributed by atoms with Gasteiger partial charge in [-0.1, -0.05) is 12.1 Å². The second-order valence-corrected chi connectivity index (χ2v) is 4.09. The molecule has 0 unspecified atom stereocenters. The van der Waals surface area contributed by atoms with Crippen LogP contribution in [-0.2, 0) is 5.92 Å². The zero-order chi connectivity index (χ0) is 13.3. The zero-order valence-corrected chi connectivity index (χ0v) is 9.82. The van der Waals surface area contributed by atoms with Crippen molar-refractivity contribution in [2.75, 3.05) is 0 Å². The molecule has 0 spiro atoms. The van der Waals surface area contributed by atoms with Gasteiger partial charge in [-0.25, -0.2) is 9.97 Å². The Morgan fingerprint density at radius 1 is 1.33 bits per heavy atom. The highest BCUT2D eigenvalue weighted by Crippen LogP contribution is 2.36. The first kappa shape index (κ1) is 12.4. The largest absolute Gasteiger partial charge is 0.492 e. The minimum Gasteiger partial charge on any atom is -0.492 e. The number of benzene rings is 1. The lowest BCUT2D eigenvalue weighted by Gasteiger charge is -2.14. The van der Waals surface area contributed by atoms with Crippen LogP contribution < -0.4 is 0 Å². The number of halogens is 2. The van der Waals surface area contributed by atoms with Crippen molar-refractivity contribution >= 4 is 11.0 Å². The van der Waals surface area contributed by atoms with Crippen molar-refractivity contribution < 1.29 is 13.9 Å². The Balaban J connectivity index is 2.63. The molecule has 0 radical (unpaired) electrons. The van der Waals surface area contributed by atoms with Crippen molar-refractivity contribution in [3.8, 4) is 5.88 Å². The van der Waals surface area contributed by atoms with Crippen LogP contribution in [0.2, 0.25) is 0 Å². The Kier molecular flexibility index (Phi) is 2.98. The third kappa shape index (κ3) is 2.16. The topological polar surface area (TPSA) is 46.0 Å². The van der Waals surface area contributed by atoms with Gasteiger partial charge in [0.25, 0.3) is 5.92 Å². The van der Waals surface area contributed by atoms with Gasteiger partial charge >= 0.3 is 0 Å². The molecule has 18 heavy (non-hydrogen) atoms. The molecule has 0 aliphatic rings. The van der Waals surface area contributed by atoms with Crippen LogP contribution >= 0.6 is 0 Å². The number of nitrogens with zero attached hydrogens (tertiary/aromatic N) is 2. The van der Waals surface area contributed by atoms with E-state index < -0.39 is 23.9 Å². The number of aryl methyl sites for hydroxylation is 1. The SMILES string of the molecule is C=CCC(F)(F)c1nc2ccc(C)cc2nc1O. The molecule has 3 nitrogen and oxygen atoms in total. The number of fused-ring (bicyclic) bond motifs is 1. The van der Waals surface area contributed by atoms with E-state index in [1.54, 1.807) is 18.2 Å². The maximum Gasteiger partial charge on any atom is 0.298 e. The quantitative estimate of drug-likeness (QED) is 0.850. The molecule has 5 heteroatoms. The van der Waals surface area contributed by atoms with Crippen molar-refractivity contribution in [3.05, 3.63) is 42.1 Å². The van der Waals surface area contributed by atoms with Crippen LogP contribution in [0.1, 0.15) is 17.7 Å². The summed E-state index contributed by atoms with van der Waals surface area (Å²) in [6.45, 7) is 5.11. The zero-order valence-electron chi connectivity index (χ0n) is 9.82. The van der Waals surface area contributed by atoms with E-state index in [2.05, 4.69) is 16.5 Å². The van der Waals surface area contributed by atoms with Gasteiger partial charge in [-0.2, -0.15) is 8.78 Å². The Morgan fingerprint density at radius 3 is 2.72 bits per heavy atom. The van der Waals surface area contributed by atoms with Gasteiger partial charge < -0.3 is 5.11 Å². The number of alkyl halides is 2. The molecule has 0 saturated carbocycles. The van der Waals surface area contributed by atoms with Gasteiger partial charge in [0.1, 0.15) is 0 Å². The van der Waals surface area contributed by atoms with E-state index in [-0.39, 0.29) is 0 Å². The Morgan fingerprint density at radius 2 is 2.06 bits per heavy atom. The molecule has 0 atom stereocenters. The van der Waals surface area contributed by atoms with Crippen LogP contribution in [0.5, 0.6) is 5.88 Å². The first-order valence-electron chi connectivity index (χ1n) is 5.40. The minimum absolute atomic E-state index is 0.331. The van der Waals surface area contributed by atoms with E-state index in [0.29, 0.717) is 11.0 Å². The third-order valence-corrected chi connectivity index (χ3v) is 2.55. The Hall–Kier alpha value is -2.04. The van der Waals surface area contributed by atoms with Crippen molar-refractivity contribution in [2.45, 2.75) is 19.3 Å². The summed E-state index contributed by atoms with van der Waals surface area (Å²) in [5.74, 6) is -4.00. The highest BCUT2D eigenvalue weighted by molar-refractivity contribution is 5.75. The van der Waals surface area contributed by atoms with Gasteiger partial charge in [-0.05, 0) is 24.6 Å². The molecular weight excluding hydrogens is 238 g/mol. The number of hydrogen-bond donors (Lipinski definition) is 1. The summed E-state index contributed by atoms with van der Waals surface area (Å²) < 4.78 is 27.4. The first-order valence-corrected chi connectivity index (χ1v) is 5.40. The second kappa shape index (κ2) is 4.33. The number of hydrogen-bond acceptors (Lipinski definition) is 3. The van der Waals surface area contributed by atoms with Crippen molar-refractivity contribution in [1.82, 2.24) is 9.97 Å².